The predicted octanol–water partition coefficient (Wildman–Crippen LogP) is 2.10. The third-order valence-electron chi connectivity index (χ3n) is 2.27. The van der Waals surface area contributed by atoms with Gasteiger partial charge in [-0.3, -0.25) is 9.59 Å². The zero-order chi connectivity index (χ0) is 15.5. The lowest BCUT2D eigenvalue weighted by Gasteiger charge is -2.13. The van der Waals surface area contributed by atoms with E-state index in [4.69, 9.17) is 22.4 Å². The number of hydrogen-bond donors (Lipinski definition) is 3. The number of carboxylic acids is 1. The van der Waals surface area contributed by atoms with Crippen molar-refractivity contribution in [1.82, 2.24) is 0 Å². The molecule has 0 aliphatic heterocycles. The molecular formula is C11H10ClF3N2O3. The molecule has 9 heteroatoms. The first-order valence-electron chi connectivity index (χ1n) is 5.26. The van der Waals surface area contributed by atoms with Crippen LogP contribution in [0.4, 0.5) is 18.9 Å². The summed E-state index contributed by atoms with van der Waals surface area (Å²) in [4.78, 5) is 21.9. The van der Waals surface area contributed by atoms with Crippen LogP contribution in [0.15, 0.2) is 18.2 Å². The van der Waals surface area contributed by atoms with Crippen LogP contribution >= 0.6 is 11.6 Å². The van der Waals surface area contributed by atoms with Gasteiger partial charge < -0.3 is 16.2 Å². The zero-order valence-corrected chi connectivity index (χ0v) is 10.6. The van der Waals surface area contributed by atoms with Crippen LogP contribution in [0.5, 0.6) is 0 Å². The highest BCUT2D eigenvalue weighted by atomic mass is 35.5. The fourth-order valence-electron chi connectivity index (χ4n) is 1.34. The molecule has 0 saturated carbocycles. The van der Waals surface area contributed by atoms with E-state index >= 15 is 0 Å². The van der Waals surface area contributed by atoms with Crippen molar-refractivity contribution in [2.45, 2.75) is 18.6 Å². The van der Waals surface area contributed by atoms with Crippen molar-refractivity contribution in [3.8, 4) is 0 Å². The van der Waals surface area contributed by atoms with E-state index in [1.54, 1.807) is 0 Å². The van der Waals surface area contributed by atoms with Crippen molar-refractivity contribution in [3.63, 3.8) is 0 Å². The number of aliphatic carboxylic acids is 1. The van der Waals surface area contributed by atoms with Crippen LogP contribution in [0, 0.1) is 0 Å². The first kappa shape index (κ1) is 16.3. The van der Waals surface area contributed by atoms with Crippen molar-refractivity contribution in [3.05, 3.63) is 28.8 Å². The van der Waals surface area contributed by atoms with Gasteiger partial charge in [0.05, 0.1) is 23.0 Å². The summed E-state index contributed by atoms with van der Waals surface area (Å²) in [5.74, 6) is -2.19. The minimum atomic E-state index is -4.67. The van der Waals surface area contributed by atoms with E-state index in [1.807, 2.05) is 0 Å². The Bertz CT molecular complexity index is 534. The average molecular weight is 311 g/mol. The number of nitrogens with one attached hydrogen (secondary N) is 1. The number of benzene rings is 1. The first-order chi connectivity index (χ1) is 9.11. The van der Waals surface area contributed by atoms with Gasteiger partial charge in [-0.1, -0.05) is 11.6 Å². The second-order valence-corrected chi connectivity index (χ2v) is 4.29. The van der Waals surface area contributed by atoms with Crippen LogP contribution in [0.3, 0.4) is 0 Å². The lowest BCUT2D eigenvalue weighted by Crippen LogP contribution is -2.37. The van der Waals surface area contributed by atoms with E-state index in [-0.39, 0.29) is 5.69 Å². The number of carbonyl (C=O) groups excluding carboxylic acids is 1. The zero-order valence-electron chi connectivity index (χ0n) is 9.87. The normalized spacial score (nSPS) is 12.8. The van der Waals surface area contributed by atoms with E-state index in [0.29, 0.717) is 6.07 Å². The summed E-state index contributed by atoms with van der Waals surface area (Å²) in [6.07, 6.45) is -5.30. The summed E-state index contributed by atoms with van der Waals surface area (Å²) in [5, 5.41) is 10.1. The van der Waals surface area contributed by atoms with Crippen molar-refractivity contribution >= 4 is 29.2 Å². The fourth-order valence-corrected chi connectivity index (χ4v) is 1.56. The van der Waals surface area contributed by atoms with Gasteiger partial charge in [-0.15, -0.1) is 0 Å². The Balaban J connectivity index is 2.89. The van der Waals surface area contributed by atoms with E-state index in [1.165, 1.54) is 0 Å². The number of carbonyl (C=O) groups is 2. The topological polar surface area (TPSA) is 92.4 Å². The van der Waals surface area contributed by atoms with Gasteiger partial charge in [0, 0.05) is 5.69 Å². The highest BCUT2D eigenvalue weighted by Gasteiger charge is 2.33. The molecule has 4 N–H and O–H groups in total. The smallest absolute Gasteiger partial charge is 0.417 e. The molecule has 0 heterocycles. The maximum absolute atomic E-state index is 12.6. The second kappa shape index (κ2) is 6.10. The summed E-state index contributed by atoms with van der Waals surface area (Å²) in [7, 11) is 0. The average Bonchev–Trinajstić information content (AvgIpc) is 2.29. The molecule has 20 heavy (non-hydrogen) atoms. The molecule has 1 aromatic rings. The molecule has 0 aliphatic carbocycles. The molecule has 110 valence electrons. The Hall–Kier alpha value is -1.80. The quantitative estimate of drug-likeness (QED) is 0.794. The molecule has 1 amide bonds. The Morgan fingerprint density at radius 3 is 2.50 bits per heavy atom. The summed E-state index contributed by atoms with van der Waals surface area (Å²) in [5.41, 5.74) is 4.00. The lowest BCUT2D eigenvalue weighted by molar-refractivity contribution is -0.139. The third kappa shape index (κ3) is 4.39. The highest BCUT2D eigenvalue weighted by molar-refractivity contribution is 6.31. The first-order valence-corrected chi connectivity index (χ1v) is 5.64. The SMILES string of the molecule is NC(CC(=O)O)C(=O)Nc1ccc(Cl)c(C(F)(F)F)c1. The number of anilines is 1. The Kier molecular flexibility index (Phi) is 4.96. The van der Waals surface area contributed by atoms with Gasteiger partial charge in [-0.2, -0.15) is 13.2 Å². The van der Waals surface area contributed by atoms with Crippen LogP contribution in [-0.4, -0.2) is 23.0 Å². The number of nitrogens with two attached hydrogens (primary N) is 1. The van der Waals surface area contributed by atoms with E-state index in [0.717, 1.165) is 12.1 Å². The molecule has 0 aliphatic rings. The van der Waals surface area contributed by atoms with Crippen molar-refractivity contribution in [2.75, 3.05) is 5.32 Å². The Morgan fingerprint density at radius 1 is 1.40 bits per heavy atom. The molecule has 0 fully saturated rings. The molecule has 5 nitrogen and oxygen atoms in total. The lowest BCUT2D eigenvalue weighted by atomic mass is 10.1. The molecule has 1 atom stereocenters. The van der Waals surface area contributed by atoms with E-state index in [9.17, 15) is 22.8 Å². The molecule has 1 aromatic carbocycles. The molecular weight excluding hydrogens is 301 g/mol. The number of carboxylic acid groups (broad SMARTS) is 1. The molecule has 1 rings (SSSR count). The summed E-state index contributed by atoms with van der Waals surface area (Å²) in [6, 6.07) is 1.41. The largest absolute Gasteiger partial charge is 0.481 e. The van der Waals surface area contributed by atoms with Gasteiger partial charge in [-0.05, 0) is 18.2 Å². The molecule has 0 bridgehead atoms. The minimum Gasteiger partial charge on any atom is -0.481 e. The van der Waals surface area contributed by atoms with Crippen LogP contribution < -0.4 is 11.1 Å². The summed E-state index contributed by atoms with van der Waals surface area (Å²) in [6.45, 7) is 0. The van der Waals surface area contributed by atoms with Gasteiger partial charge in [-0.25, -0.2) is 0 Å². The predicted molar refractivity (Wildman–Crippen MR) is 65.3 cm³/mol. The van der Waals surface area contributed by atoms with Crippen molar-refractivity contribution in [1.29, 1.82) is 0 Å². The Labute approximate surface area is 116 Å². The van der Waals surface area contributed by atoms with E-state index < -0.39 is 41.1 Å². The van der Waals surface area contributed by atoms with Gasteiger partial charge in [0.2, 0.25) is 5.91 Å². The van der Waals surface area contributed by atoms with Gasteiger partial charge in [0.25, 0.3) is 0 Å². The van der Waals surface area contributed by atoms with Crippen LogP contribution in [0.25, 0.3) is 0 Å². The number of amides is 1. The Morgan fingerprint density at radius 2 is 2.00 bits per heavy atom. The number of hydrogen-bond acceptors (Lipinski definition) is 3. The number of rotatable bonds is 4. The number of alkyl halides is 3. The molecule has 0 spiro atoms. The monoisotopic (exact) mass is 310 g/mol. The molecule has 1 unspecified atom stereocenters. The summed E-state index contributed by atoms with van der Waals surface area (Å²) < 4.78 is 37.8. The highest BCUT2D eigenvalue weighted by Crippen LogP contribution is 2.36. The van der Waals surface area contributed by atoms with Gasteiger partial charge in [0.1, 0.15) is 0 Å². The molecule has 0 radical (unpaired) electrons. The minimum absolute atomic E-state index is 0.174. The van der Waals surface area contributed by atoms with Crippen molar-refractivity contribution < 1.29 is 27.9 Å². The van der Waals surface area contributed by atoms with Crippen LogP contribution in [0.2, 0.25) is 5.02 Å². The third-order valence-corrected chi connectivity index (χ3v) is 2.60. The van der Waals surface area contributed by atoms with Gasteiger partial charge >= 0.3 is 12.1 Å². The summed E-state index contributed by atoms with van der Waals surface area (Å²) >= 11 is 5.41. The molecule has 0 aromatic heterocycles. The number of halogens is 4. The second-order valence-electron chi connectivity index (χ2n) is 3.89. The van der Waals surface area contributed by atoms with Crippen molar-refractivity contribution in [2.24, 2.45) is 5.73 Å². The van der Waals surface area contributed by atoms with E-state index in [2.05, 4.69) is 5.32 Å². The van der Waals surface area contributed by atoms with Crippen LogP contribution in [-0.2, 0) is 15.8 Å². The fraction of sp³-hybridized carbons (Fsp3) is 0.273. The maximum Gasteiger partial charge on any atom is 0.417 e. The van der Waals surface area contributed by atoms with Crippen LogP contribution in [0.1, 0.15) is 12.0 Å². The molecule has 0 saturated heterocycles. The van der Waals surface area contributed by atoms with Gasteiger partial charge in [0.15, 0.2) is 0 Å². The standard InChI is InChI=1S/C11H10ClF3N2O3/c12-7-2-1-5(3-6(7)11(13,14)15)17-10(20)8(16)4-9(18)19/h1-3,8H,4,16H2,(H,17,20)(H,18,19). The maximum atomic E-state index is 12.6.